The molecule has 0 saturated carbocycles. The molecular formula is C11H21N3O5S. The summed E-state index contributed by atoms with van der Waals surface area (Å²) in [6, 6.07) is -1.62. The van der Waals surface area contributed by atoms with Gasteiger partial charge in [0.05, 0.1) is 5.75 Å². The van der Waals surface area contributed by atoms with Gasteiger partial charge in [0.2, 0.25) is 0 Å². The van der Waals surface area contributed by atoms with Crippen molar-refractivity contribution in [2.24, 2.45) is 5.73 Å². The number of nitrogens with two attached hydrogens (primary N) is 1. The Hall–Kier alpha value is -1.35. The molecule has 20 heavy (non-hydrogen) atoms. The summed E-state index contributed by atoms with van der Waals surface area (Å²) < 4.78 is 22.1. The molecule has 1 fully saturated rings. The molecule has 1 aliphatic rings. The van der Waals surface area contributed by atoms with Gasteiger partial charge in [-0.1, -0.05) is 0 Å². The normalized spacial score (nSPS) is 18.6. The summed E-state index contributed by atoms with van der Waals surface area (Å²) in [4.78, 5) is 24.4. The Morgan fingerprint density at radius 1 is 1.40 bits per heavy atom. The summed E-state index contributed by atoms with van der Waals surface area (Å²) in [5.74, 6) is -1.52. The zero-order valence-electron chi connectivity index (χ0n) is 11.4. The van der Waals surface area contributed by atoms with Crippen molar-refractivity contribution in [1.29, 1.82) is 0 Å². The number of amides is 2. The Balaban J connectivity index is 2.52. The van der Waals surface area contributed by atoms with E-state index in [0.717, 1.165) is 6.26 Å². The van der Waals surface area contributed by atoms with Gasteiger partial charge in [0.1, 0.15) is 15.9 Å². The molecule has 116 valence electrons. The van der Waals surface area contributed by atoms with Gasteiger partial charge in [-0.05, 0) is 19.3 Å². The molecule has 1 saturated heterocycles. The second-order valence-corrected chi connectivity index (χ2v) is 7.34. The van der Waals surface area contributed by atoms with Crippen molar-refractivity contribution in [2.45, 2.75) is 31.3 Å². The average Bonchev–Trinajstić information content (AvgIpc) is 2.33. The van der Waals surface area contributed by atoms with Crippen molar-refractivity contribution in [3.05, 3.63) is 0 Å². The van der Waals surface area contributed by atoms with E-state index in [1.807, 2.05) is 0 Å². The number of likely N-dealkylation sites (tertiary alicyclic amines) is 1. The number of rotatable bonds is 5. The number of sulfone groups is 1. The van der Waals surface area contributed by atoms with E-state index in [4.69, 9.17) is 10.8 Å². The molecule has 0 aromatic heterocycles. The summed E-state index contributed by atoms with van der Waals surface area (Å²) in [5, 5.41) is 11.4. The molecule has 4 N–H and O–H groups in total. The Labute approximate surface area is 118 Å². The highest BCUT2D eigenvalue weighted by Crippen LogP contribution is 2.09. The van der Waals surface area contributed by atoms with Gasteiger partial charge < -0.3 is 21.1 Å². The van der Waals surface area contributed by atoms with Crippen LogP contribution < -0.4 is 11.1 Å². The SMILES string of the molecule is CS(=O)(=O)CCC(NC(=O)N1CCC(N)CC1)C(=O)O. The van der Waals surface area contributed by atoms with E-state index >= 15 is 0 Å². The molecule has 0 aromatic carbocycles. The number of carboxylic acids is 1. The fraction of sp³-hybridized carbons (Fsp3) is 0.818. The quantitative estimate of drug-likeness (QED) is 0.598. The number of hydrogen-bond acceptors (Lipinski definition) is 5. The molecule has 1 aliphatic heterocycles. The lowest BCUT2D eigenvalue weighted by molar-refractivity contribution is -0.139. The van der Waals surface area contributed by atoms with Gasteiger partial charge in [0.15, 0.2) is 0 Å². The van der Waals surface area contributed by atoms with Crippen LogP contribution in [0.15, 0.2) is 0 Å². The van der Waals surface area contributed by atoms with Crippen LogP contribution in [0.4, 0.5) is 4.79 Å². The largest absolute Gasteiger partial charge is 0.480 e. The molecule has 0 aliphatic carbocycles. The Bertz CT molecular complexity index is 457. The Morgan fingerprint density at radius 2 is 1.95 bits per heavy atom. The van der Waals surface area contributed by atoms with Gasteiger partial charge >= 0.3 is 12.0 Å². The maximum absolute atomic E-state index is 11.9. The van der Waals surface area contributed by atoms with Crippen molar-refractivity contribution >= 4 is 21.8 Å². The zero-order chi connectivity index (χ0) is 15.3. The first-order valence-electron chi connectivity index (χ1n) is 6.40. The van der Waals surface area contributed by atoms with Gasteiger partial charge in [0.25, 0.3) is 0 Å². The molecule has 8 nitrogen and oxygen atoms in total. The molecule has 1 rings (SSSR count). The lowest BCUT2D eigenvalue weighted by Crippen LogP contribution is -2.51. The van der Waals surface area contributed by atoms with Crippen molar-refractivity contribution in [3.8, 4) is 0 Å². The molecule has 0 bridgehead atoms. The lowest BCUT2D eigenvalue weighted by Gasteiger charge is -2.31. The van der Waals surface area contributed by atoms with E-state index in [-0.39, 0.29) is 18.2 Å². The van der Waals surface area contributed by atoms with Crippen LogP contribution in [0.5, 0.6) is 0 Å². The number of hydrogen-bond donors (Lipinski definition) is 3. The first-order chi connectivity index (χ1) is 9.19. The van der Waals surface area contributed by atoms with Gasteiger partial charge in [-0.3, -0.25) is 0 Å². The van der Waals surface area contributed by atoms with Crippen LogP contribution >= 0.6 is 0 Å². The number of piperidine rings is 1. The molecule has 0 radical (unpaired) electrons. The molecule has 1 heterocycles. The van der Waals surface area contributed by atoms with Crippen LogP contribution in [0.3, 0.4) is 0 Å². The van der Waals surface area contributed by atoms with Gasteiger partial charge in [-0.25, -0.2) is 18.0 Å². The maximum atomic E-state index is 11.9. The molecule has 0 aromatic rings. The van der Waals surface area contributed by atoms with Gasteiger partial charge in [-0.2, -0.15) is 0 Å². The first kappa shape index (κ1) is 16.7. The Morgan fingerprint density at radius 3 is 2.40 bits per heavy atom. The maximum Gasteiger partial charge on any atom is 0.326 e. The summed E-state index contributed by atoms with van der Waals surface area (Å²) in [5.41, 5.74) is 5.72. The first-order valence-corrected chi connectivity index (χ1v) is 8.46. The third-order valence-corrected chi connectivity index (χ3v) is 4.18. The van der Waals surface area contributed by atoms with Crippen molar-refractivity contribution in [2.75, 3.05) is 25.1 Å². The molecular weight excluding hydrogens is 286 g/mol. The van der Waals surface area contributed by atoms with Gasteiger partial charge in [0, 0.05) is 25.4 Å². The van der Waals surface area contributed by atoms with E-state index in [9.17, 15) is 18.0 Å². The van der Waals surface area contributed by atoms with E-state index in [2.05, 4.69) is 5.32 Å². The number of carboxylic acid groups (broad SMARTS) is 1. The van der Waals surface area contributed by atoms with Crippen LogP contribution in [0.1, 0.15) is 19.3 Å². The zero-order valence-corrected chi connectivity index (χ0v) is 12.2. The number of urea groups is 1. The Kier molecular flexibility index (Phi) is 5.75. The number of carbonyl (C=O) groups excluding carboxylic acids is 1. The van der Waals surface area contributed by atoms with Crippen LogP contribution in [-0.4, -0.2) is 67.6 Å². The highest BCUT2D eigenvalue weighted by atomic mass is 32.2. The topological polar surface area (TPSA) is 130 Å². The average molecular weight is 307 g/mol. The van der Waals surface area contributed by atoms with Crippen LogP contribution in [0.25, 0.3) is 0 Å². The van der Waals surface area contributed by atoms with E-state index in [1.165, 1.54) is 4.90 Å². The van der Waals surface area contributed by atoms with Crippen LogP contribution in [0, 0.1) is 0 Å². The highest BCUT2D eigenvalue weighted by Gasteiger charge is 2.26. The summed E-state index contributed by atoms with van der Waals surface area (Å²) in [6.07, 6.45) is 2.23. The second kappa shape index (κ2) is 6.89. The number of aliphatic carboxylic acids is 1. The van der Waals surface area contributed by atoms with Gasteiger partial charge in [-0.15, -0.1) is 0 Å². The predicted octanol–water partition coefficient (Wildman–Crippen LogP) is -0.993. The smallest absolute Gasteiger partial charge is 0.326 e. The fourth-order valence-electron chi connectivity index (χ4n) is 1.93. The van der Waals surface area contributed by atoms with Crippen molar-refractivity contribution < 1.29 is 23.1 Å². The molecule has 1 atom stereocenters. The summed E-state index contributed by atoms with van der Waals surface area (Å²) in [7, 11) is -3.27. The lowest BCUT2D eigenvalue weighted by atomic mass is 10.1. The minimum atomic E-state index is -3.27. The monoisotopic (exact) mass is 307 g/mol. The fourth-order valence-corrected chi connectivity index (χ4v) is 2.60. The second-order valence-electron chi connectivity index (χ2n) is 5.08. The van der Waals surface area contributed by atoms with E-state index in [1.54, 1.807) is 0 Å². The molecule has 0 spiro atoms. The van der Waals surface area contributed by atoms with E-state index in [0.29, 0.717) is 25.9 Å². The summed E-state index contributed by atoms with van der Waals surface area (Å²) in [6.45, 7) is 0.955. The minimum absolute atomic E-state index is 0.0690. The molecule has 1 unspecified atom stereocenters. The molecule has 2 amide bonds. The van der Waals surface area contributed by atoms with Crippen LogP contribution in [-0.2, 0) is 14.6 Å². The third kappa shape index (κ3) is 5.74. The third-order valence-electron chi connectivity index (χ3n) is 3.20. The minimum Gasteiger partial charge on any atom is -0.480 e. The molecule has 9 heteroatoms. The van der Waals surface area contributed by atoms with Crippen molar-refractivity contribution in [3.63, 3.8) is 0 Å². The van der Waals surface area contributed by atoms with Crippen molar-refractivity contribution in [1.82, 2.24) is 10.2 Å². The predicted molar refractivity (Wildman–Crippen MR) is 73.1 cm³/mol. The number of carbonyl (C=O) groups is 2. The van der Waals surface area contributed by atoms with E-state index < -0.39 is 27.9 Å². The highest BCUT2D eigenvalue weighted by molar-refractivity contribution is 7.90. The number of nitrogens with zero attached hydrogens (tertiary/aromatic N) is 1. The summed E-state index contributed by atoms with van der Waals surface area (Å²) >= 11 is 0. The van der Waals surface area contributed by atoms with Crippen LogP contribution in [0.2, 0.25) is 0 Å². The standard InChI is InChI=1S/C11H21N3O5S/c1-20(18,19)7-4-9(10(15)16)13-11(17)14-5-2-8(12)3-6-14/h8-9H,2-7,12H2,1H3,(H,13,17)(H,15,16). The number of nitrogens with one attached hydrogen (secondary N) is 1.